The molecule has 0 aromatic carbocycles. The first kappa shape index (κ1) is 10.1. The molecule has 0 fully saturated rings. The van der Waals surface area contributed by atoms with Crippen molar-refractivity contribution in [1.82, 2.24) is 0 Å². The van der Waals surface area contributed by atoms with Crippen molar-refractivity contribution in [2.75, 3.05) is 6.54 Å². The van der Waals surface area contributed by atoms with Crippen LogP contribution in [-0.2, 0) is 0 Å². The zero-order valence-electron chi connectivity index (χ0n) is 6.95. The van der Waals surface area contributed by atoms with E-state index >= 15 is 0 Å². The molecule has 0 N–H and O–H groups in total. The number of allylic oxidation sites excluding steroid dienone is 2. The predicted octanol–water partition coefficient (Wildman–Crippen LogP) is 2.40. The average molecular weight is 157 g/mol. The van der Waals surface area contributed by atoms with Crippen LogP contribution < -0.4 is 0 Å². The lowest BCUT2D eigenvalue weighted by molar-refractivity contribution is -0.480. The van der Waals surface area contributed by atoms with E-state index < -0.39 is 0 Å². The largest absolute Gasteiger partial charge is 0.265 e. The number of hydrogen-bond acceptors (Lipinski definition) is 2. The molecule has 64 valence electrons. The highest BCUT2D eigenvalue weighted by Crippen LogP contribution is 1.94. The summed E-state index contributed by atoms with van der Waals surface area (Å²) in [5.41, 5.74) is 0. The van der Waals surface area contributed by atoms with E-state index in [0.717, 1.165) is 19.3 Å². The first-order valence-electron chi connectivity index (χ1n) is 4.04. The van der Waals surface area contributed by atoms with E-state index in [1.807, 2.05) is 6.08 Å². The van der Waals surface area contributed by atoms with Gasteiger partial charge in [0.15, 0.2) is 0 Å². The van der Waals surface area contributed by atoms with Crippen LogP contribution in [0, 0.1) is 10.1 Å². The van der Waals surface area contributed by atoms with Gasteiger partial charge in [0.05, 0.1) is 0 Å². The molecule has 0 rings (SSSR count). The summed E-state index contributed by atoms with van der Waals surface area (Å²) in [5.74, 6) is 0. The molecule has 0 aromatic heterocycles. The van der Waals surface area contributed by atoms with Crippen molar-refractivity contribution in [1.29, 1.82) is 0 Å². The first-order chi connectivity index (χ1) is 5.27. The molecule has 0 aliphatic carbocycles. The van der Waals surface area contributed by atoms with Gasteiger partial charge in [-0.25, -0.2) is 0 Å². The number of hydrogen-bond donors (Lipinski definition) is 0. The van der Waals surface area contributed by atoms with Crippen LogP contribution in [0.25, 0.3) is 0 Å². The topological polar surface area (TPSA) is 43.1 Å². The molecule has 0 aliphatic heterocycles. The van der Waals surface area contributed by atoms with Gasteiger partial charge in [-0.05, 0) is 12.8 Å². The van der Waals surface area contributed by atoms with E-state index in [0.29, 0.717) is 6.42 Å². The highest BCUT2D eigenvalue weighted by molar-refractivity contribution is 4.80. The molecule has 0 heterocycles. The summed E-state index contributed by atoms with van der Waals surface area (Å²) in [6.07, 6.45) is 7.82. The van der Waals surface area contributed by atoms with Crippen LogP contribution >= 0.6 is 0 Å². The van der Waals surface area contributed by atoms with Crippen molar-refractivity contribution in [2.45, 2.75) is 32.6 Å². The Morgan fingerprint density at radius 3 is 2.55 bits per heavy atom. The zero-order valence-corrected chi connectivity index (χ0v) is 6.95. The Kier molecular flexibility index (Phi) is 6.68. The van der Waals surface area contributed by atoms with Crippen LogP contribution in [0.3, 0.4) is 0 Å². The maximum atomic E-state index is 9.87. The van der Waals surface area contributed by atoms with Gasteiger partial charge in [-0.1, -0.05) is 25.5 Å². The molecule has 0 unspecified atom stereocenters. The molecular weight excluding hydrogens is 142 g/mol. The van der Waals surface area contributed by atoms with Gasteiger partial charge in [-0.3, -0.25) is 10.1 Å². The molecule has 0 bridgehead atoms. The first-order valence-corrected chi connectivity index (χ1v) is 4.04. The van der Waals surface area contributed by atoms with Gasteiger partial charge < -0.3 is 0 Å². The van der Waals surface area contributed by atoms with E-state index in [1.54, 1.807) is 0 Å². The Labute approximate surface area is 67.3 Å². The molecule has 0 saturated heterocycles. The lowest BCUT2D eigenvalue weighted by Crippen LogP contribution is -1.98. The van der Waals surface area contributed by atoms with E-state index in [2.05, 4.69) is 13.0 Å². The molecule has 0 radical (unpaired) electrons. The summed E-state index contributed by atoms with van der Waals surface area (Å²) >= 11 is 0. The molecule has 11 heavy (non-hydrogen) atoms. The number of rotatable bonds is 6. The quantitative estimate of drug-likeness (QED) is 0.257. The second-order valence-corrected chi connectivity index (χ2v) is 2.46. The Hall–Kier alpha value is -0.860. The van der Waals surface area contributed by atoms with E-state index in [9.17, 15) is 10.1 Å². The summed E-state index contributed by atoms with van der Waals surface area (Å²) in [4.78, 5) is 9.60. The van der Waals surface area contributed by atoms with Crippen molar-refractivity contribution in [2.24, 2.45) is 0 Å². The predicted molar refractivity (Wildman–Crippen MR) is 45.1 cm³/mol. The summed E-state index contributed by atoms with van der Waals surface area (Å²) in [7, 11) is 0. The van der Waals surface area contributed by atoms with E-state index in [1.165, 1.54) is 0 Å². The van der Waals surface area contributed by atoms with Crippen molar-refractivity contribution in [3.05, 3.63) is 22.3 Å². The third-order valence-electron chi connectivity index (χ3n) is 1.33. The summed E-state index contributed by atoms with van der Waals surface area (Å²) in [6, 6.07) is 0. The van der Waals surface area contributed by atoms with Crippen LogP contribution in [0.15, 0.2) is 12.2 Å². The molecule has 3 heteroatoms. The molecule has 0 aromatic rings. The van der Waals surface area contributed by atoms with Crippen LogP contribution in [0.2, 0.25) is 0 Å². The Balaban J connectivity index is 3.07. The molecule has 0 aliphatic rings. The van der Waals surface area contributed by atoms with Gasteiger partial charge in [-0.15, -0.1) is 0 Å². The normalized spacial score (nSPS) is 10.6. The van der Waals surface area contributed by atoms with E-state index in [-0.39, 0.29) is 11.5 Å². The molecule has 0 spiro atoms. The van der Waals surface area contributed by atoms with Crippen LogP contribution in [0.5, 0.6) is 0 Å². The van der Waals surface area contributed by atoms with Gasteiger partial charge in [0.1, 0.15) is 0 Å². The van der Waals surface area contributed by atoms with Gasteiger partial charge in [-0.2, -0.15) is 0 Å². The second kappa shape index (κ2) is 7.25. The van der Waals surface area contributed by atoms with Crippen molar-refractivity contribution in [3.8, 4) is 0 Å². The zero-order chi connectivity index (χ0) is 8.53. The van der Waals surface area contributed by atoms with Crippen LogP contribution in [-0.4, -0.2) is 11.5 Å². The highest BCUT2D eigenvalue weighted by Gasteiger charge is 1.92. The fraction of sp³-hybridized carbons (Fsp3) is 0.750. The summed E-state index contributed by atoms with van der Waals surface area (Å²) < 4.78 is 0. The van der Waals surface area contributed by atoms with Crippen LogP contribution in [0.4, 0.5) is 0 Å². The molecular formula is C8H15NO2. The number of nitro groups is 1. The summed E-state index contributed by atoms with van der Waals surface area (Å²) in [6.45, 7) is 2.21. The van der Waals surface area contributed by atoms with Gasteiger partial charge in [0.2, 0.25) is 6.54 Å². The maximum Gasteiger partial charge on any atom is 0.204 e. The number of nitrogens with zero attached hydrogens (tertiary/aromatic N) is 1. The van der Waals surface area contributed by atoms with Gasteiger partial charge >= 0.3 is 0 Å². The lowest BCUT2D eigenvalue weighted by atomic mass is 10.2. The Bertz CT molecular complexity index is 132. The third kappa shape index (κ3) is 9.14. The average Bonchev–Trinajstić information content (AvgIpc) is 1.96. The molecule has 3 nitrogen and oxygen atoms in total. The smallest absolute Gasteiger partial charge is 0.204 e. The third-order valence-corrected chi connectivity index (χ3v) is 1.33. The minimum absolute atomic E-state index is 0.0937. The fourth-order valence-corrected chi connectivity index (χ4v) is 0.741. The number of unbranched alkanes of at least 4 members (excludes halogenated alkanes) is 2. The van der Waals surface area contributed by atoms with E-state index in [4.69, 9.17) is 0 Å². The maximum absolute atomic E-state index is 9.87. The van der Waals surface area contributed by atoms with Crippen molar-refractivity contribution in [3.63, 3.8) is 0 Å². The monoisotopic (exact) mass is 157 g/mol. The SMILES string of the molecule is CCC/C=C\CCC[N+](=O)[O-]. The highest BCUT2D eigenvalue weighted by atomic mass is 16.6. The second-order valence-electron chi connectivity index (χ2n) is 2.46. The Morgan fingerprint density at radius 2 is 2.00 bits per heavy atom. The minimum atomic E-state index is -0.270. The fourth-order valence-electron chi connectivity index (χ4n) is 0.741. The molecule has 0 saturated carbocycles. The minimum Gasteiger partial charge on any atom is -0.265 e. The van der Waals surface area contributed by atoms with Crippen molar-refractivity contribution >= 4 is 0 Å². The Morgan fingerprint density at radius 1 is 1.36 bits per heavy atom. The van der Waals surface area contributed by atoms with Crippen molar-refractivity contribution < 1.29 is 4.92 Å². The lowest BCUT2D eigenvalue weighted by Gasteiger charge is -1.88. The van der Waals surface area contributed by atoms with Gasteiger partial charge in [0, 0.05) is 11.3 Å². The standard InChI is InChI=1S/C8H15NO2/c1-2-3-4-5-6-7-8-9(10)11/h4-5H,2-3,6-8H2,1H3/b5-4-. The van der Waals surface area contributed by atoms with Gasteiger partial charge in [0.25, 0.3) is 0 Å². The molecule has 0 amide bonds. The van der Waals surface area contributed by atoms with Crippen LogP contribution in [0.1, 0.15) is 32.6 Å². The summed E-state index contributed by atoms with van der Waals surface area (Å²) in [5, 5.41) is 9.87. The molecule has 0 atom stereocenters.